The number of hydrogen-bond acceptors (Lipinski definition) is 9. The number of methoxy groups -OCH3 is 1. The van der Waals surface area contributed by atoms with E-state index >= 15 is 0 Å². The van der Waals surface area contributed by atoms with Crippen LogP contribution in [0.1, 0.15) is 5.82 Å². The van der Waals surface area contributed by atoms with Crippen molar-refractivity contribution in [1.29, 1.82) is 0 Å². The van der Waals surface area contributed by atoms with E-state index in [-0.39, 0.29) is 0 Å². The first-order valence-electron chi connectivity index (χ1n) is 9.58. The smallest absolute Gasteiger partial charge is 0.178 e. The molecule has 150 valence electrons. The molecule has 29 heavy (non-hydrogen) atoms. The van der Waals surface area contributed by atoms with E-state index in [1.165, 1.54) is 0 Å². The Bertz CT molecular complexity index is 1140. The van der Waals surface area contributed by atoms with Gasteiger partial charge in [0.1, 0.15) is 12.1 Å². The number of piperazine rings is 1. The number of aryl methyl sites for hydroxylation is 1. The fourth-order valence-electron chi connectivity index (χ4n) is 3.66. The van der Waals surface area contributed by atoms with E-state index in [9.17, 15) is 0 Å². The Balaban J connectivity index is 1.35. The number of aromatic nitrogens is 8. The molecule has 1 aliphatic heterocycles. The Morgan fingerprint density at radius 2 is 1.83 bits per heavy atom. The van der Waals surface area contributed by atoms with Crippen LogP contribution in [0.4, 0.5) is 11.6 Å². The van der Waals surface area contributed by atoms with E-state index < -0.39 is 0 Å². The Hall–Kier alpha value is -3.34. The van der Waals surface area contributed by atoms with Crippen molar-refractivity contribution in [1.82, 2.24) is 39.3 Å². The zero-order chi connectivity index (χ0) is 19.8. The molecule has 0 unspecified atom stereocenters. The van der Waals surface area contributed by atoms with Crippen LogP contribution in [-0.4, -0.2) is 79.2 Å². The van der Waals surface area contributed by atoms with Crippen LogP contribution < -0.4 is 9.80 Å². The maximum Gasteiger partial charge on any atom is 0.178 e. The molecule has 4 aromatic heterocycles. The Kier molecular flexibility index (Phi) is 4.43. The Labute approximate surface area is 167 Å². The lowest BCUT2D eigenvalue weighted by molar-refractivity contribution is 0.188. The number of ether oxygens (including phenoxy) is 1. The van der Waals surface area contributed by atoms with Crippen LogP contribution in [0.15, 0.2) is 24.8 Å². The summed E-state index contributed by atoms with van der Waals surface area (Å²) in [4.78, 5) is 18.0. The summed E-state index contributed by atoms with van der Waals surface area (Å²) < 4.78 is 8.95. The third-order valence-corrected chi connectivity index (χ3v) is 5.23. The molecule has 5 heterocycles. The van der Waals surface area contributed by atoms with Crippen molar-refractivity contribution in [3.8, 4) is 0 Å². The van der Waals surface area contributed by atoms with Crippen LogP contribution in [0, 0.1) is 6.92 Å². The van der Waals surface area contributed by atoms with Gasteiger partial charge < -0.3 is 19.1 Å². The van der Waals surface area contributed by atoms with Gasteiger partial charge in [-0.25, -0.2) is 15.0 Å². The molecule has 0 spiro atoms. The molecule has 0 aromatic carbocycles. The number of imidazole rings is 1. The normalized spacial score (nSPS) is 15.0. The van der Waals surface area contributed by atoms with Gasteiger partial charge in [0, 0.05) is 39.8 Å². The predicted octanol–water partition coefficient (Wildman–Crippen LogP) is 0.545. The van der Waals surface area contributed by atoms with Gasteiger partial charge in [-0.2, -0.15) is 4.52 Å². The van der Waals surface area contributed by atoms with Crippen LogP contribution in [0.3, 0.4) is 0 Å². The lowest BCUT2D eigenvalue weighted by Gasteiger charge is -2.35. The highest BCUT2D eigenvalue weighted by Gasteiger charge is 2.23. The monoisotopic (exact) mass is 394 g/mol. The van der Waals surface area contributed by atoms with Gasteiger partial charge in [0.25, 0.3) is 0 Å². The summed E-state index contributed by atoms with van der Waals surface area (Å²) in [7, 11) is 1.69. The first-order chi connectivity index (χ1) is 14.2. The topological polar surface area (TPSA) is 102 Å². The summed E-state index contributed by atoms with van der Waals surface area (Å²) in [5.74, 6) is 2.59. The SMILES string of the molecule is COCCn1cnc2c(N3CCN(c4ccc5nnc(C)n5n4)CC3)ncnc21. The minimum atomic E-state index is 0.618. The zero-order valence-corrected chi connectivity index (χ0v) is 16.4. The fraction of sp³-hybridized carbons (Fsp3) is 0.444. The lowest BCUT2D eigenvalue weighted by atomic mass is 10.3. The quantitative estimate of drug-likeness (QED) is 0.480. The van der Waals surface area contributed by atoms with Crippen LogP contribution in [-0.2, 0) is 11.3 Å². The van der Waals surface area contributed by atoms with Crippen LogP contribution in [0.25, 0.3) is 16.8 Å². The van der Waals surface area contributed by atoms with Crippen molar-refractivity contribution in [2.45, 2.75) is 13.5 Å². The number of rotatable bonds is 5. The van der Waals surface area contributed by atoms with Crippen molar-refractivity contribution in [3.05, 3.63) is 30.6 Å². The van der Waals surface area contributed by atoms with E-state index in [1.54, 1.807) is 24.3 Å². The first-order valence-corrected chi connectivity index (χ1v) is 9.58. The average molecular weight is 394 g/mol. The average Bonchev–Trinajstić information content (AvgIpc) is 3.35. The minimum Gasteiger partial charge on any atom is -0.383 e. The second-order valence-electron chi connectivity index (χ2n) is 6.98. The van der Waals surface area contributed by atoms with Gasteiger partial charge in [-0.3, -0.25) is 0 Å². The number of anilines is 2. The maximum absolute atomic E-state index is 5.17. The zero-order valence-electron chi connectivity index (χ0n) is 16.4. The molecule has 11 nitrogen and oxygen atoms in total. The van der Waals surface area contributed by atoms with E-state index in [4.69, 9.17) is 4.74 Å². The molecule has 0 amide bonds. The number of nitrogens with zero attached hydrogens (tertiary/aromatic N) is 10. The highest BCUT2D eigenvalue weighted by atomic mass is 16.5. The summed E-state index contributed by atoms with van der Waals surface area (Å²) in [6.07, 6.45) is 3.41. The molecule has 11 heteroatoms. The first kappa shape index (κ1) is 17.7. The van der Waals surface area contributed by atoms with Crippen molar-refractivity contribution < 1.29 is 4.74 Å². The third kappa shape index (κ3) is 3.12. The van der Waals surface area contributed by atoms with Crippen molar-refractivity contribution in [3.63, 3.8) is 0 Å². The second kappa shape index (κ2) is 7.24. The van der Waals surface area contributed by atoms with Crippen molar-refractivity contribution in [2.24, 2.45) is 0 Å². The standard InChI is InChI=1S/C18H22N10O/c1-13-22-23-14-3-4-15(24-28(13)14)25-5-7-26(8-6-25)17-16-18(20-11-19-17)27(12-21-16)9-10-29-2/h3-4,11-12H,5-10H2,1-2H3. The molecule has 0 bridgehead atoms. The molecule has 0 saturated carbocycles. The van der Waals surface area contributed by atoms with Gasteiger partial charge in [-0.05, 0) is 19.1 Å². The van der Waals surface area contributed by atoms with Gasteiger partial charge in [-0.1, -0.05) is 0 Å². The van der Waals surface area contributed by atoms with Gasteiger partial charge in [-0.15, -0.1) is 15.3 Å². The molecule has 1 fully saturated rings. The van der Waals surface area contributed by atoms with E-state index in [2.05, 4.69) is 40.0 Å². The van der Waals surface area contributed by atoms with E-state index in [1.807, 2.05) is 23.6 Å². The van der Waals surface area contributed by atoms with Crippen molar-refractivity contribution >= 4 is 28.4 Å². The number of fused-ring (bicyclic) bond motifs is 2. The molecular weight excluding hydrogens is 372 g/mol. The molecular formula is C18H22N10O. The second-order valence-corrected chi connectivity index (χ2v) is 6.98. The Morgan fingerprint density at radius 1 is 1.00 bits per heavy atom. The number of hydrogen-bond donors (Lipinski definition) is 0. The molecule has 0 aliphatic carbocycles. The summed E-state index contributed by atoms with van der Waals surface area (Å²) in [5.41, 5.74) is 2.43. The van der Waals surface area contributed by atoms with E-state index in [0.717, 1.165) is 60.5 Å². The van der Waals surface area contributed by atoms with Gasteiger partial charge >= 0.3 is 0 Å². The molecule has 0 N–H and O–H groups in total. The van der Waals surface area contributed by atoms with Crippen LogP contribution >= 0.6 is 0 Å². The predicted molar refractivity (Wildman–Crippen MR) is 107 cm³/mol. The molecule has 1 saturated heterocycles. The molecule has 4 aromatic rings. The van der Waals surface area contributed by atoms with Gasteiger partial charge in [0.2, 0.25) is 0 Å². The molecule has 1 aliphatic rings. The molecule has 0 atom stereocenters. The summed E-state index contributed by atoms with van der Waals surface area (Å²) in [6.45, 7) is 6.59. The summed E-state index contributed by atoms with van der Waals surface area (Å²) in [5, 5.41) is 12.9. The largest absolute Gasteiger partial charge is 0.383 e. The summed E-state index contributed by atoms with van der Waals surface area (Å²) >= 11 is 0. The van der Waals surface area contributed by atoms with E-state index in [0.29, 0.717) is 13.2 Å². The van der Waals surface area contributed by atoms with Crippen LogP contribution in [0.2, 0.25) is 0 Å². The highest BCUT2D eigenvalue weighted by molar-refractivity contribution is 5.83. The fourth-order valence-corrected chi connectivity index (χ4v) is 3.66. The third-order valence-electron chi connectivity index (χ3n) is 5.23. The maximum atomic E-state index is 5.17. The van der Waals surface area contributed by atoms with Crippen LogP contribution in [0.5, 0.6) is 0 Å². The van der Waals surface area contributed by atoms with Crippen molar-refractivity contribution in [2.75, 3.05) is 49.7 Å². The lowest BCUT2D eigenvalue weighted by Crippen LogP contribution is -2.47. The van der Waals surface area contributed by atoms with Gasteiger partial charge in [0.15, 0.2) is 28.5 Å². The minimum absolute atomic E-state index is 0.618. The molecule has 5 rings (SSSR count). The summed E-state index contributed by atoms with van der Waals surface area (Å²) in [6, 6.07) is 3.95. The van der Waals surface area contributed by atoms with Gasteiger partial charge in [0.05, 0.1) is 12.9 Å². The molecule has 0 radical (unpaired) electrons. The Morgan fingerprint density at radius 3 is 2.66 bits per heavy atom. The highest BCUT2D eigenvalue weighted by Crippen LogP contribution is 2.24.